The molecule has 0 bridgehead atoms. The fraction of sp³-hybridized carbons (Fsp3) is 0.500. The van der Waals surface area contributed by atoms with Gasteiger partial charge in [0.1, 0.15) is 5.92 Å². The van der Waals surface area contributed by atoms with Crippen molar-refractivity contribution in [3.8, 4) is 0 Å². The summed E-state index contributed by atoms with van der Waals surface area (Å²) < 4.78 is 4.90. The predicted octanol–water partition coefficient (Wildman–Crippen LogP) is 2.68. The molecule has 26 heavy (non-hydrogen) atoms. The minimum absolute atomic E-state index is 0.120. The summed E-state index contributed by atoms with van der Waals surface area (Å²) in [6.07, 6.45) is 4.51. The molecule has 2 amide bonds. The van der Waals surface area contributed by atoms with Crippen LogP contribution in [0.15, 0.2) is 30.3 Å². The van der Waals surface area contributed by atoms with E-state index in [0.717, 1.165) is 32.1 Å². The molecule has 0 spiro atoms. The highest BCUT2D eigenvalue weighted by Crippen LogP contribution is 2.43. The molecule has 0 unspecified atom stereocenters. The molecule has 0 radical (unpaired) electrons. The van der Waals surface area contributed by atoms with Crippen molar-refractivity contribution in [3.63, 3.8) is 0 Å². The van der Waals surface area contributed by atoms with Crippen molar-refractivity contribution in [3.05, 3.63) is 47.3 Å². The van der Waals surface area contributed by atoms with Crippen LogP contribution in [0.1, 0.15) is 44.1 Å². The lowest BCUT2D eigenvalue weighted by atomic mass is 9.77. The van der Waals surface area contributed by atoms with E-state index < -0.39 is 23.3 Å². The second-order valence-corrected chi connectivity index (χ2v) is 6.89. The van der Waals surface area contributed by atoms with E-state index >= 15 is 0 Å². The van der Waals surface area contributed by atoms with Crippen LogP contribution in [0, 0.1) is 12.5 Å². The molecule has 0 N–H and O–H groups in total. The first-order valence-corrected chi connectivity index (χ1v) is 8.94. The lowest BCUT2D eigenvalue weighted by Crippen LogP contribution is -2.47. The van der Waals surface area contributed by atoms with Gasteiger partial charge >= 0.3 is 11.5 Å². The third-order valence-corrected chi connectivity index (χ3v) is 5.51. The molecular formula is C20H22N2O4. The molecule has 1 aromatic rings. The molecule has 6 nitrogen and oxygen atoms in total. The molecule has 1 aromatic carbocycles. The number of likely N-dealkylation sites (tertiary alicyclic amines) is 1. The zero-order chi connectivity index (χ0) is 18.7. The molecule has 2 atom stereocenters. The predicted molar refractivity (Wildman–Crippen MR) is 93.6 cm³/mol. The number of carbonyl (C=O) groups is 3. The van der Waals surface area contributed by atoms with Crippen molar-refractivity contribution in [2.24, 2.45) is 5.92 Å². The van der Waals surface area contributed by atoms with E-state index in [-0.39, 0.29) is 18.4 Å². The summed E-state index contributed by atoms with van der Waals surface area (Å²) in [5.74, 6) is -2.56. The number of benzene rings is 1. The summed E-state index contributed by atoms with van der Waals surface area (Å²) >= 11 is 0. The molecular weight excluding hydrogens is 332 g/mol. The van der Waals surface area contributed by atoms with Crippen molar-refractivity contribution in [1.29, 1.82) is 0 Å². The van der Waals surface area contributed by atoms with Gasteiger partial charge in [-0.1, -0.05) is 49.6 Å². The van der Waals surface area contributed by atoms with Gasteiger partial charge in [-0.15, -0.1) is 0 Å². The summed E-state index contributed by atoms with van der Waals surface area (Å²) in [6.45, 7) is 7.75. The number of carbonyl (C=O) groups excluding carboxylic acids is 3. The number of rotatable bonds is 4. The van der Waals surface area contributed by atoms with Gasteiger partial charge in [0.2, 0.25) is 11.8 Å². The Kier molecular flexibility index (Phi) is 5.08. The van der Waals surface area contributed by atoms with Crippen LogP contribution in [0.3, 0.4) is 0 Å². The first kappa shape index (κ1) is 18.1. The quantitative estimate of drug-likeness (QED) is 0.474. The van der Waals surface area contributed by atoms with Crippen LogP contribution in [-0.2, 0) is 24.7 Å². The van der Waals surface area contributed by atoms with E-state index in [9.17, 15) is 14.4 Å². The van der Waals surface area contributed by atoms with Crippen molar-refractivity contribution in [2.75, 3.05) is 7.11 Å². The van der Waals surface area contributed by atoms with Crippen molar-refractivity contribution >= 4 is 17.8 Å². The van der Waals surface area contributed by atoms with Crippen LogP contribution in [0.2, 0.25) is 0 Å². The first-order valence-electron chi connectivity index (χ1n) is 8.94. The third-order valence-electron chi connectivity index (χ3n) is 5.51. The van der Waals surface area contributed by atoms with Gasteiger partial charge in [0, 0.05) is 18.0 Å². The Morgan fingerprint density at radius 1 is 1.19 bits per heavy atom. The normalized spacial score (nSPS) is 23.4. The van der Waals surface area contributed by atoms with Gasteiger partial charge in [-0.05, 0) is 12.8 Å². The summed E-state index contributed by atoms with van der Waals surface area (Å²) in [7, 11) is 1.20. The zero-order valence-corrected chi connectivity index (χ0v) is 14.8. The van der Waals surface area contributed by atoms with Gasteiger partial charge in [0.15, 0.2) is 0 Å². The number of imide groups is 1. The topological polar surface area (TPSA) is 68.0 Å². The van der Waals surface area contributed by atoms with E-state index in [1.54, 1.807) is 30.3 Å². The number of hydrogen-bond acceptors (Lipinski definition) is 4. The Bertz CT molecular complexity index is 749. The molecule has 1 aliphatic heterocycles. The van der Waals surface area contributed by atoms with Crippen molar-refractivity contribution < 1.29 is 19.1 Å². The standard InChI is InChI=1S/C20H22N2O4/c1-21-20(19(25)26-2,14-9-5-3-6-10-14)16-13-17(23)22(18(16)24)15-11-7-4-8-12-15/h3,5-6,9-10,15-16H,4,7-8,11-13H2,2H3/t16-,20-/m0/s1. The monoisotopic (exact) mass is 354 g/mol. The molecule has 1 saturated heterocycles. The fourth-order valence-corrected chi connectivity index (χ4v) is 4.20. The molecule has 0 aromatic heterocycles. The average molecular weight is 354 g/mol. The van der Waals surface area contributed by atoms with Gasteiger partial charge in [-0.25, -0.2) is 11.4 Å². The zero-order valence-electron chi connectivity index (χ0n) is 14.8. The number of nitrogens with zero attached hydrogens (tertiary/aromatic N) is 2. The highest BCUT2D eigenvalue weighted by molar-refractivity contribution is 6.07. The van der Waals surface area contributed by atoms with Gasteiger partial charge < -0.3 is 4.74 Å². The Balaban J connectivity index is 2.03. The maximum absolute atomic E-state index is 13.2. The number of amides is 2. The summed E-state index contributed by atoms with van der Waals surface area (Å²) in [5, 5.41) is 0. The van der Waals surface area contributed by atoms with Crippen LogP contribution in [0.5, 0.6) is 0 Å². The first-order chi connectivity index (χ1) is 12.6. The molecule has 1 saturated carbocycles. The molecule has 2 aliphatic rings. The SMILES string of the molecule is [C-]#[N+][C@@](C(=O)OC)(c1ccccc1)[C@H]1CC(=O)N(C2CCCCC2)C1=O. The fourth-order valence-electron chi connectivity index (χ4n) is 4.20. The second kappa shape index (κ2) is 7.28. The molecule has 2 fully saturated rings. The van der Waals surface area contributed by atoms with Crippen LogP contribution < -0.4 is 0 Å². The van der Waals surface area contributed by atoms with Gasteiger partial charge in [0.05, 0.1) is 7.11 Å². The summed E-state index contributed by atoms with van der Waals surface area (Å²) in [4.78, 5) is 43.4. The molecule has 1 heterocycles. The highest BCUT2D eigenvalue weighted by Gasteiger charge is 2.64. The largest absolute Gasteiger partial charge is 0.463 e. The molecule has 136 valence electrons. The lowest BCUT2D eigenvalue weighted by Gasteiger charge is -2.30. The Labute approximate surface area is 152 Å². The maximum atomic E-state index is 13.2. The van der Waals surface area contributed by atoms with Gasteiger partial charge in [0.25, 0.3) is 0 Å². The number of methoxy groups -OCH3 is 1. The number of esters is 1. The van der Waals surface area contributed by atoms with Gasteiger partial charge in [-0.3, -0.25) is 19.3 Å². The summed E-state index contributed by atoms with van der Waals surface area (Å²) in [6, 6.07) is 8.33. The number of hydrogen-bond donors (Lipinski definition) is 0. The Morgan fingerprint density at radius 2 is 1.85 bits per heavy atom. The van der Waals surface area contributed by atoms with E-state index in [4.69, 9.17) is 11.3 Å². The smallest absolute Gasteiger partial charge is 0.399 e. The average Bonchev–Trinajstić information content (AvgIpc) is 2.98. The van der Waals surface area contributed by atoms with Crippen molar-refractivity contribution in [1.82, 2.24) is 4.90 Å². The number of ether oxygens (including phenoxy) is 1. The second-order valence-electron chi connectivity index (χ2n) is 6.89. The minimum atomic E-state index is -1.83. The molecule has 1 aliphatic carbocycles. The van der Waals surface area contributed by atoms with Crippen molar-refractivity contribution in [2.45, 2.75) is 50.1 Å². The molecule has 6 heteroatoms. The van der Waals surface area contributed by atoms with E-state index in [1.807, 2.05) is 0 Å². The van der Waals surface area contributed by atoms with Crippen LogP contribution in [0.25, 0.3) is 4.85 Å². The van der Waals surface area contributed by atoms with Crippen LogP contribution >= 0.6 is 0 Å². The van der Waals surface area contributed by atoms with E-state index in [2.05, 4.69) is 4.85 Å². The Hall–Kier alpha value is -2.68. The van der Waals surface area contributed by atoms with E-state index in [1.165, 1.54) is 12.0 Å². The maximum Gasteiger partial charge on any atom is 0.399 e. The van der Waals surface area contributed by atoms with Crippen LogP contribution in [0.4, 0.5) is 0 Å². The molecule has 3 rings (SSSR count). The van der Waals surface area contributed by atoms with Gasteiger partial charge in [-0.2, -0.15) is 0 Å². The van der Waals surface area contributed by atoms with Crippen LogP contribution in [-0.4, -0.2) is 35.8 Å². The summed E-state index contributed by atoms with van der Waals surface area (Å²) in [5.41, 5.74) is -1.44. The highest BCUT2D eigenvalue weighted by atomic mass is 16.5. The lowest BCUT2D eigenvalue weighted by molar-refractivity contribution is -0.152. The minimum Gasteiger partial charge on any atom is -0.463 e. The van der Waals surface area contributed by atoms with E-state index in [0.29, 0.717) is 5.56 Å². The third kappa shape index (κ3) is 2.78. The Morgan fingerprint density at radius 3 is 2.42 bits per heavy atom.